The van der Waals surface area contributed by atoms with E-state index in [-0.39, 0.29) is 50.2 Å². The number of piperazine rings is 1. The van der Waals surface area contributed by atoms with E-state index in [9.17, 15) is 18.0 Å². The summed E-state index contributed by atoms with van der Waals surface area (Å²) in [6, 6.07) is -0.688. The van der Waals surface area contributed by atoms with Crippen molar-refractivity contribution in [3.05, 3.63) is 0 Å². The van der Waals surface area contributed by atoms with Crippen LogP contribution >= 0.6 is 0 Å². The SMILES string of the molecule is COC(=O)NC(CC(C)C)C(=O)N1CCN(S(=O)(=O)N2CC(C)OC(C)C2)CC1. The van der Waals surface area contributed by atoms with Crippen LogP contribution in [0.25, 0.3) is 0 Å². The molecule has 1 N–H and O–H groups in total. The van der Waals surface area contributed by atoms with Crippen LogP contribution in [0, 0.1) is 5.92 Å². The molecule has 2 amide bonds. The van der Waals surface area contributed by atoms with Gasteiger partial charge in [-0.05, 0) is 26.2 Å². The Morgan fingerprint density at radius 2 is 1.62 bits per heavy atom. The normalized spacial score (nSPS) is 25.7. The van der Waals surface area contributed by atoms with E-state index in [0.717, 1.165) is 0 Å². The summed E-state index contributed by atoms with van der Waals surface area (Å²) in [5, 5.41) is 2.59. The lowest BCUT2D eigenvalue weighted by molar-refractivity contribution is -0.135. The molecule has 2 aliphatic heterocycles. The molecular formula is C18H34N4O6S. The second-order valence-electron chi connectivity index (χ2n) is 8.12. The number of carbonyl (C=O) groups is 2. The van der Waals surface area contributed by atoms with Crippen molar-refractivity contribution in [2.24, 2.45) is 5.92 Å². The number of hydrogen-bond acceptors (Lipinski definition) is 6. The van der Waals surface area contributed by atoms with Crippen LogP contribution in [0.5, 0.6) is 0 Å². The molecule has 11 heteroatoms. The molecule has 0 radical (unpaired) electrons. The summed E-state index contributed by atoms with van der Waals surface area (Å²) < 4.78 is 39.1. The highest BCUT2D eigenvalue weighted by atomic mass is 32.2. The number of ether oxygens (including phenoxy) is 2. The summed E-state index contributed by atoms with van der Waals surface area (Å²) in [5.74, 6) is -0.0113. The summed E-state index contributed by atoms with van der Waals surface area (Å²) in [5.41, 5.74) is 0. The molecule has 0 aromatic carbocycles. The molecule has 0 aliphatic carbocycles. The molecule has 29 heavy (non-hydrogen) atoms. The number of nitrogens with one attached hydrogen (secondary N) is 1. The predicted molar refractivity (Wildman–Crippen MR) is 107 cm³/mol. The van der Waals surface area contributed by atoms with Crippen LogP contribution in [0.3, 0.4) is 0 Å². The van der Waals surface area contributed by atoms with Crippen molar-refractivity contribution in [1.82, 2.24) is 18.8 Å². The zero-order chi connectivity index (χ0) is 21.8. The Morgan fingerprint density at radius 3 is 2.10 bits per heavy atom. The summed E-state index contributed by atoms with van der Waals surface area (Å²) in [6.07, 6.45) is -0.480. The Kier molecular flexibility index (Phi) is 8.27. The van der Waals surface area contributed by atoms with Crippen molar-refractivity contribution in [2.45, 2.75) is 52.4 Å². The number of amides is 2. The van der Waals surface area contributed by atoms with Gasteiger partial charge in [-0.2, -0.15) is 17.0 Å². The number of rotatable bonds is 6. The summed E-state index contributed by atoms with van der Waals surface area (Å²) in [6.45, 7) is 9.31. The van der Waals surface area contributed by atoms with Crippen molar-refractivity contribution in [2.75, 3.05) is 46.4 Å². The molecular weight excluding hydrogens is 400 g/mol. The van der Waals surface area contributed by atoms with Gasteiger partial charge in [0.05, 0.1) is 19.3 Å². The summed E-state index contributed by atoms with van der Waals surface area (Å²) in [7, 11) is -2.35. The molecule has 168 valence electrons. The van der Waals surface area contributed by atoms with Crippen molar-refractivity contribution in [3.63, 3.8) is 0 Å². The van der Waals surface area contributed by atoms with Gasteiger partial charge in [0.1, 0.15) is 6.04 Å². The van der Waals surface area contributed by atoms with E-state index in [1.165, 1.54) is 15.7 Å². The molecule has 2 aliphatic rings. The molecule has 2 rings (SSSR count). The third kappa shape index (κ3) is 6.27. The monoisotopic (exact) mass is 434 g/mol. The zero-order valence-electron chi connectivity index (χ0n) is 18.0. The second kappa shape index (κ2) is 10.1. The van der Waals surface area contributed by atoms with Crippen LogP contribution in [0.2, 0.25) is 0 Å². The van der Waals surface area contributed by atoms with E-state index in [1.807, 2.05) is 27.7 Å². The van der Waals surface area contributed by atoms with Gasteiger partial charge in [-0.1, -0.05) is 13.8 Å². The molecule has 0 saturated carbocycles. The lowest BCUT2D eigenvalue weighted by atomic mass is 10.0. The fraction of sp³-hybridized carbons (Fsp3) is 0.889. The third-order valence-electron chi connectivity index (χ3n) is 5.07. The molecule has 0 spiro atoms. The highest BCUT2D eigenvalue weighted by Crippen LogP contribution is 2.19. The van der Waals surface area contributed by atoms with Crippen molar-refractivity contribution >= 4 is 22.2 Å². The van der Waals surface area contributed by atoms with E-state index in [0.29, 0.717) is 19.5 Å². The lowest BCUT2D eigenvalue weighted by Gasteiger charge is -2.40. The number of hydrogen-bond donors (Lipinski definition) is 1. The van der Waals surface area contributed by atoms with Gasteiger partial charge in [0.25, 0.3) is 10.2 Å². The standard InChI is InChI=1S/C18H34N4O6S/c1-13(2)10-16(19-18(24)27-5)17(23)20-6-8-21(9-7-20)29(25,26)22-11-14(3)28-15(4)12-22/h13-16H,6-12H2,1-5H3,(H,19,24). The molecule has 3 atom stereocenters. The van der Waals surface area contributed by atoms with Gasteiger partial charge in [-0.25, -0.2) is 4.79 Å². The average Bonchev–Trinajstić information content (AvgIpc) is 2.65. The first-order chi connectivity index (χ1) is 13.5. The fourth-order valence-corrected chi connectivity index (χ4v) is 5.48. The van der Waals surface area contributed by atoms with Gasteiger partial charge in [-0.3, -0.25) is 4.79 Å². The number of methoxy groups -OCH3 is 1. The number of alkyl carbamates (subject to hydrolysis) is 1. The van der Waals surface area contributed by atoms with Crippen LogP contribution in [0.15, 0.2) is 0 Å². The number of morpholine rings is 1. The fourth-order valence-electron chi connectivity index (χ4n) is 3.74. The molecule has 0 bridgehead atoms. The maximum atomic E-state index is 13.0. The van der Waals surface area contributed by atoms with E-state index >= 15 is 0 Å². The Bertz CT molecular complexity index is 668. The molecule has 3 unspecified atom stereocenters. The van der Waals surface area contributed by atoms with Crippen molar-refractivity contribution in [1.29, 1.82) is 0 Å². The predicted octanol–water partition coefficient (Wildman–Crippen LogP) is 0.255. The molecule has 0 aromatic rings. The number of carbonyl (C=O) groups excluding carboxylic acids is 2. The second-order valence-corrected chi connectivity index (χ2v) is 10.1. The first-order valence-corrected chi connectivity index (χ1v) is 11.5. The smallest absolute Gasteiger partial charge is 0.407 e. The minimum absolute atomic E-state index is 0.155. The topological polar surface area (TPSA) is 108 Å². The Morgan fingerprint density at radius 1 is 1.07 bits per heavy atom. The third-order valence-corrected chi connectivity index (χ3v) is 7.04. The van der Waals surface area contributed by atoms with Crippen molar-refractivity contribution < 1.29 is 27.5 Å². The number of nitrogens with zero attached hydrogens (tertiary/aromatic N) is 3. The van der Waals surface area contributed by atoms with Gasteiger partial charge < -0.3 is 19.7 Å². The summed E-state index contributed by atoms with van der Waals surface area (Å²) >= 11 is 0. The van der Waals surface area contributed by atoms with Crippen LogP contribution in [0.4, 0.5) is 4.79 Å². The molecule has 2 heterocycles. The van der Waals surface area contributed by atoms with Crippen molar-refractivity contribution in [3.8, 4) is 0 Å². The Balaban J connectivity index is 1.99. The van der Waals surface area contributed by atoms with Gasteiger partial charge in [-0.15, -0.1) is 0 Å². The van der Waals surface area contributed by atoms with Gasteiger partial charge in [0, 0.05) is 39.3 Å². The van der Waals surface area contributed by atoms with Gasteiger partial charge in [0.2, 0.25) is 5.91 Å². The van der Waals surface area contributed by atoms with E-state index < -0.39 is 22.3 Å². The first kappa shape index (κ1) is 23.8. The van der Waals surface area contributed by atoms with Gasteiger partial charge >= 0.3 is 6.09 Å². The maximum Gasteiger partial charge on any atom is 0.407 e. The van der Waals surface area contributed by atoms with E-state index in [2.05, 4.69) is 10.1 Å². The molecule has 10 nitrogen and oxygen atoms in total. The minimum atomic E-state index is -3.60. The first-order valence-electron chi connectivity index (χ1n) is 10.1. The molecule has 0 aromatic heterocycles. The summed E-state index contributed by atoms with van der Waals surface area (Å²) in [4.78, 5) is 26.1. The molecule has 2 fully saturated rings. The van der Waals surface area contributed by atoms with E-state index in [1.54, 1.807) is 4.90 Å². The average molecular weight is 435 g/mol. The van der Waals surface area contributed by atoms with Crippen LogP contribution in [0.1, 0.15) is 34.1 Å². The van der Waals surface area contributed by atoms with Crippen LogP contribution < -0.4 is 5.32 Å². The van der Waals surface area contributed by atoms with Crippen LogP contribution in [-0.4, -0.2) is 98.6 Å². The largest absolute Gasteiger partial charge is 0.453 e. The van der Waals surface area contributed by atoms with Crippen LogP contribution in [-0.2, 0) is 24.5 Å². The highest BCUT2D eigenvalue weighted by molar-refractivity contribution is 7.86. The highest BCUT2D eigenvalue weighted by Gasteiger charge is 2.38. The maximum absolute atomic E-state index is 13.0. The minimum Gasteiger partial charge on any atom is -0.453 e. The Labute approximate surface area is 173 Å². The Hall–Kier alpha value is -1.43. The zero-order valence-corrected chi connectivity index (χ0v) is 18.8. The lowest BCUT2D eigenvalue weighted by Crippen LogP contribution is -2.59. The quantitative estimate of drug-likeness (QED) is 0.642. The molecule has 2 saturated heterocycles. The van der Waals surface area contributed by atoms with Gasteiger partial charge in [0.15, 0.2) is 0 Å². The van der Waals surface area contributed by atoms with E-state index in [4.69, 9.17) is 4.74 Å².